The van der Waals surface area contributed by atoms with Crippen LogP contribution in [-0.2, 0) is 6.42 Å². The Hall–Kier alpha value is -2.88. The molecular weight excluding hydrogens is 520 g/mol. The lowest BCUT2D eigenvalue weighted by Gasteiger charge is -2.37. The van der Waals surface area contributed by atoms with Crippen LogP contribution in [0.25, 0.3) is 22.3 Å². The number of hydrogen-bond acceptors (Lipinski definition) is 0. The van der Waals surface area contributed by atoms with Crippen LogP contribution in [0.4, 0.5) is 17.6 Å². The van der Waals surface area contributed by atoms with Crippen molar-refractivity contribution in [1.29, 1.82) is 0 Å². The van der Waals surface area contributed by atoms with Gasteiger partial charge in [0.25, 0.3) is 0 Å². The lowest BCUT2D eigenvalue weighted by molar-refractivity contribution is 0.170. The number of benzene rings is 3. The van der Waals surface area contributed by atoms with Gasteiger partial charge in [-0.1, -0.05) is 74.0 Å². The first-order chi connectivity index (χ1) is 19.9. The summed E-state index contributed by atoms with van der Waals surface area (Å²) in [5, 5.41) is 0. The molecular formula is C37H42F4. The van der Waals surface area contributed by atoms with Gasteiger partial charge in [0.2, 0.25) is 0 Å². The summed E-state index contributed by atoms with van der Waals surface area (Å²) in [6, 6.07) is 13.2. The Morgan fingerprint density at radius 1 is 0.634 bits per heavy atom. The Kier molecular flexibility index (Phi) is 9.68. The fourth-order valence-corrected chi connectivity index (χ4v) is 7.29. The second kappa shape index (κ2) is 13.4. The van der Waals surface area contributed by atoms with Crippen LogP contribution in [0.5, 0.6) is 0 Å². The smallest absolute Gasteiger partial charge is 0.166 e. The zero-order chi connectivity index (χ0) is 28.9. The van der Waals surface area contributed by atoms with Crippen molar-refractivity contribution in [2.45, 2.75) is 90.4 Å². The lowest BCUT2D eigenvalue weighted by Crippen LogP contribution is -2.25. The Morgan fingerprint density at radius 3 is 1.73 bits per heavy atom. The molecule has 0 aliphatic heterocycles. The van der Waals surface area contributed by atoms with Crippen molar-refractivity contribution in [2.24, 2.45) is 17.8 Å². The molecule has 3 aromatic rings. The molecule has 0 saturated heterocycles. The van der Waals surface area contributed by atoms with Crippen LogP contribution in [0.1, 0.15) is 95.1 Å². The van der Waals surface area contributed by atoms with Gasteiger partial charge in [-0.2, -0.15) is 0 Å². The van der Waals surface area contributed by atoms with E-state index in [1.54, 1.807) is 48.5 Å². The molecule has 2 aliphatic rings. The number of rotatable bonds is 8. The number of unbranched alkanes of at least 4 members (excludes halogenated alkanes) is 1. The van der Waals surface area contributed by atoms with Crippen LogP contribution in [0.2, 0.25) is 0 Å². The fraction of sp³-hybridized carbons (Fsp3) is 0.459. The highest BCUT2D eigenvalue weighted by Gasteiger charge is 2.32. The van der Waals surface area contributed by atoms with E-state index in [2.05, 4.69) is 19.1 Å². The summed E-state index contributed by atoms with van der Waals surface area (Å²) in [5.41, 5.74) is 2.22. The van der Waals surface area contributed by atoms with Gasteiger partial charge in [0.15, 0.2) is 23.3 Å². The largest absolute Gasteiger partial charge is 0.203 e. The van der Waals surface area contributed by atoms with Gasteiger partial charge in [-0.05, 0) is 117 Å². The minimum atomic E-state index is -0.871. The molecule has 4 heteroatoms. The van der Waals surface area contributed by atoms with E-state index < -0.39 is 23.3 Å². The van der Waals surface area contributed by atoms with Crippen LogP contribution < -0.4 is 0 Å². The zero-order valence-corrected chi connectivity index (χ0v) is 24.4. The van der Waals surface area contributed by atoms with E-state index in [-0.39, 0.29) is 17.0 Å². The molecule has 0 nitrogen and oxygen atoms in total. The maximum absolute atomic E-state index is 15.4. The number of aryl methyl sites for hydroxylation is 1. The molecule has 0 amide bonds. The highest BCUT2D eigenvalue weighted by atomic mass is 19.2. The number of hydrogen-bond donors (Lipinski definition) is 0. The average molecular weight is 563 g/mol. The summed E-state index contributed by atoms with van der Waals surface area (Å²) in [6.07, 6.45) is 15.8. The second-order valence-corrected chi connectivity index (χ2v) is 12.2. The number of allylic oxidation sites excluding steroid dienone is 2. The van der Waals surface area contributed by atoms with E-state index in [0.29, 0.717) is 34.6 Å². The van der Waals surface area contributed by atoms with Gasteiger partial charge in [-0.25, -0.2) is 17.6 Å². The van der Waals surface area contributed by atoms with E-state index in [0.717, 1.165) is 50.4 Å². The summed E-state index contributed by atoms with van der Waals surface area (Å²) >= 11 is 0. The first-order valence-corrected chi connectivity index (χ1v) is 15.6. The molecule has 0 atom stereocenters. The quantitative estimate of drug-likeness (QED) is 0.189. The predicted molar refractivity (Wildman–Crippen MR) is 161 cm³/mol. The molecule has 0 unspecified atom stereocenters. The molecule has 0 radical (unpaired) electrons. The first-order valence-electron chi connectivity index (χ1n) is 15.6. The van der Waals surface area contributed by atoms with Gasteiger partial charge in [0.1, 0.15) is 0 Å². The minimum Gasteiger partial charge on any atom is -0.203 e. The molecule has 5 rings (SSSR count). The van der Waals surface area contributed by atoms with Crippen molar-refractivity contribution in [3.63, 3.8) is 0 Å². The summed E-state index contributed by atoms with van der Waals surface area (Å²) in [6.45, 7) is 4.10. The van der Waals surface area contributed by atoms with E-state index in [1.807, 2.05) is 6.92 Å². The predicted octanol–water partition coefficient (Wildman–Crippen LogP) is 11.6. The van der Waals surface area contributed by atoms with E-state index in [1.165, 1.54) is 25.7 Å². The van der Waals surface area contributed by atoms with Gasteiger partial charge in [-0.15, -0.1) is 0 Å². The molecule has 2 aliphatic carbocycles. The maximum atomic E-state index is 15.4. The van der Waals surface area contributed by atoms with Crippen molar-refractivity contribution < 1.29 is 17.6 Å². The minimum absolute atomic E-state index is 0.0507. The maximum Gasteiger partial charge on any atom is 0.166 e. The van der Waals surface area contributed by atoms with Gasteiger partial charge in [0, 0.05) is 11.1 Å². The topological polar surface area (TPSA) is 0 Å². The molecule has 2 saturated carbocycles. The standard InChI is InChI=1S/C37H42F4/c1-3-5-7-30-20-21-31(35(39)34(30)38)28-16-18-29(19-17-28)33-23-22-32(36(40)37(33)41)27-14-12-26(13-15-27)25-10-8-24(6-4-2)9-11-25/h4,6,16-27H,3,5,7-15H2,1-2H3/b6-4+. The molecule has 0 bridgehead atoms. The molecule has 41 heavy (non-hydrogen) atoms. The molecule has 218 valence electrons. The van der Waals surface area contributed by atoms with Crippen LogP contribution in [0.3, 0.4) is 0 Å². The summed E-state index contributed by atoms with van der Waals surface area (Å²) in [7, 11) is 0. The van der Waals surface area contributed by atoms with Crippen LogP contribution in [0, 0.1) is 41.0 Å². The van der Waals surface area contributed by atoms with Crippen LogP contribution in [-0.4, -0.2) is 0 Å². The molecule has 2 fully saturated rings. The third kappa shape index (κ3) is 6.47. The van der Waals surface area contributed by atoms with Crippen LogP contribution in [0.15, 0.2) is 60.7 Å². The zero-order valence-electron chi connectivity index (χ0n) is 24.4. The Balaban J connectivity index is 1.25. The average Bonchev–Trinajstić information content (AvgIpc) is 3.00. The summed E-state index contributed by atoms with van der Waals surface area (Å²) < 4.78 is 60.2. The molecule has 0 spiro atoms. The lowest BCUT2D eigenvalue weighted by atomic mass is 9.68. The third-order valence-corrected chi connectivity index (χ3v) is 9.74. The van der Waals surface area contributed by atoms with Crippen molar-refractivity contribution in [2.75, 3.05) is 0 Å². The van der Waals surface area contributed by atoms with Crippen LogP contribution >= 0.6 is 0 Å². The molecule has 0 aromatic heterocycles. The Bertz CT molecular complexity index is 1340. The van der Waals surface area contributed by atoms with Crippen molar-refractivity contribution >= 4 is 0 Å². The Morgan fingerprint density at radius 2 is 1.17 bits per heavy atom. The van der Waals surface area contributed by atoms with E-state index in [4.69, 9.17) is 0 Å². The highest BCUT2D eigenvalue weighted by molar-refractivity contribution is 5.71. The molecule has 0 heterocycles. The molecule has 0 N–H and O–H groups in total. The summed E-state index contributed by atoms with van der Waals surface area (Å²) in [4.78, 5) is 0. The van der Waals surface area contributed by atoms with Gasteiger partial charge >= 0.3 is 0 Å². The summed E-state index contributed by atoms with van der Waals surface area (Å²) in [5.74, 6) is -1.02. The monoisotopic (exact) mass is 562 g/mol. The van der Waals surface area contributed by atoms with Gasteiger partial charge in [-0.3, -0.25) is 0 Å². The Labute approximate surface area is 242 Å². The highest BCUT2D eigenvalue weighted by Crippen LogP contribution is 2.45. The van der Waals surface area contributed by atoms with Crippen molar-refractivity contribution in [1.82, 2.24) is 0 Å². The third-order valence-electron chi connectivity index (χ3n) is 9.74. The SMILES string of the molecule is C/C=C/C1CCC(C2CCC(c3ccc(-c4ccc(-c5ccc(CCCC)c(F)c5F)cc4)c(F)c3F)CC2)CC1. The molecule has 3 aromatic carbocycles. The van der Waals surface area contributed by atoms with Gasteiger partial charge < -0.3 is 0 Å². The first kappa shape index (κ1) is 29.6. The van der Waals surface area contributed by atoms with Crippen molar-refractivity contribution in [3.05, 3.63) is 95.1 Å². The normalized spacial score (nSPS) is 23.3. The second-order valence-electron chi connectivity index (χ2n) is 12.2. The van der Waals surface area contributed by atoms with E-state index >= 15 is 8.78 Å². The van der Waals surface area contributed by atoms with Gasteiger partial charge in [0.05, 0.1) is 0 Å². The van der Waals surface area contributed by atoms with E-state index in [9.17, 15) is 8.78 Å². The van der Waals surface area contributed by atoms with Crippen molar-refractivity contribution in [3.8, 4) is 22.3 Å². The number of halogens is 4. The fourth-order valence-electron chi connectivity index (χ4n) is 7.29.